The number of fused-ring (bicyclic) bond motifs is 4. The molecule has 1 unspecified atom stereocenters. The molecule has 22 aromatic rings. The van der Waals surface area contributed by atoms with Gasteiger partial charge < -0.3 is 32.4 Å². The van der Waals surface area contributed by atoms with Crippen LogP contribution in [-0.4, -0.2) is 33.2 Å². The third-order valence-electron chi connectivity index (χ3n) is 29.3. The van der Waals surface area contributed by atoms with Crippen LogP contribution in [0.4, 0.5) is 17.5 Å². The number of benzene rings is 17. The Hall–Kier alpha value is -17.6. The number of pyridine rings is 2. The lowest BCUT2D eigenvalue weighted by atomic mass is 9.83. The Morgan fingerprint density at radius 3 is 1.15 bits per heavy atom. The fourth-order valence-electron chi connectivity index (χ4n) is 21.7. The van der Waals surface area contributed by atoms with E-state index in [1.165, 1.54) is 22.3 Å². The number of nitrogens with one attached hydrogen (secondary N) is 1. The first kappa shape index (κ1) is 94.0. The number of halogens is 4. The molecule has 0 amide bonds. The summed E-state index contributed by atoms with van der Waals surface area (Å²) in [6.07, 6.45) is -2.38. The summed E-state index contributed by atoms with van der Waals surface area (Å²) < 4.78 is 86.8. The van der Waals surface area contributed by atoms with Crippen molar-refractivity contribution < 1.29 is 45.4 Å². The predicted octanol–water partition coefficient (Wildman–Crippen LogP) is 29.4. The molecule has 6 heterocycles. The number of nitrogens with zero attached hydrogens (tertiary/aromatic N) is 3. The summed E-state index contributed by atoms with van der Waals surface area (Å²) >= 11 is 0. The molecule has 0 saturated carbocycles. The normalized spacial score (nSPS) is 13.9. The number of hydrogen-bond acceptors (Lipinski definition) is 11. The zero-order valence-corrected chi connectivity index (χ0v) is 83.0. The van der Waals surface area contributed by atoms with E-state index >= 15 is 4.32 Å². The van der Waals surface area contributed by atoms with E-state index in [4.69, 9.17) is 18.3 Å². The maximum Gasteiger partial charge on any atom is 0.449 e. The third kappa shape index (κ3) is 16.8. The van der Waals surface area contributed by atoms with Gasteiger partial charge in [-0.1, -0.05) is 271 Å². The van der Waals surface area contributed by atoms with Gasteiger partial charge >= 0.3 is 25.8 Å². The van der Waals surface area contributed by atoms with Gasteiger partial charge in [-0.15, -0.1) is 0 Å². The number of carbonyl (C=O) groups is 2. The lowest BCUT2D eigenvalue weighted by Gasteiger charge is -2.28. The molecule has 19 heteroatoms. The highest BCUT2D eigenvalue weighted by molar-refractivity contribution is 6.29. The van der Waals surface area contributed by atoms with Crippen molar-refractivity contribution in [1.82, 2.24) is 18.9 Å². The van der Waals surface area contributed by atoms with Crippen LogP contribution in [-0.2, 0) is 45.0 Å². The van der Waals surface area contributed by atoms with Crippen molar-refractivity contribution in [1.29, 1.82) is 0 Å². The highest BCUT2D eigenvalue weighted by atomic mass is 19.4. The summed E-state index contributed by atoms with van der Waals surface area (Å²) in [5, 5.41) is 10.9. The molecule has 0 spiro atoms. The third-order valence-corrected chi connectivity index (χ3v) is 29.3. The van der Waals surface area contributed by atoms with E-state index in [1.807, 2.05) is 77.3 Å². The first-order valence-electron chi connectivity index (χ1n) is 49.4. The monoisotopic (exact) mass is 1950 g/mol. The van der Waals surface area contributed by atoms with Crippen LogP contribution < -0.4 is 37.0 Å². The Morgan fingerprint density at radius 2 is 0.723 bits per heavy atom. The van der Waals surface area contributed by atoms with Crippen LogP contribution in [0.15, 0.2) is 386 Å². The lowest BCUT2D eigenvalue weighted by molar-refractivity contribution is -0.137. The second-order valence-corrected chi connectivity index (χ2v) is 41.2. The first-order valence-corrected chi connectivity index (χ1v) is 49.4. The van der Waals surface area contributed by atoms with Crippen LogP contribution in [0.5, 0.6) is 11.5 Å². The maximum atomic E-state index is 17.5. The molecular formula is C129H97BF4N4O10. The Morgan fingerprint density at radius 1 is 0.365 bits per heavy atom. The number of carbonyl (C=O) groups excluding carboxylic acids is 2. The van der Waals surface area contributed by atoms with Crippen LogP contribution in [0.3, 0.4) is 0 Å². The average molecular weight is 1950 g/mol. The average Bonchev–Trinajstić information content (AvgIpc) is 0.969. The molecule has 1 atom stereocenters. The number of aromatic nitrogens is 3. The van der Waals surface area contributed by atoms with Gasteiger partial charge in [0.05, 0.1) is 41.0 Å². The largest absolute Gasteiger partial charge is 0.456 e. The molecule has 1 N–H and O–H groups in total. The maximum absolute atomic E-state index is 17.5. The Balaban J connectivity index is 0.506. The summed E-state index contributed by atoms with van der Waals surface area (Å²) in [5.41, 5.74) is 22.9. The summed E-state index contributed by atoms with van der Waals surface area (Å²) in [6, 6.07) is 107. The highest BCUT2D eigenvalue weighted by Crippen LogP contribution is 2.51. The van der Waals surface area contributed by atoms with Crippen molar-refractivity contribution in [3.05, 3.63) is 471 Å². The van der Waals surface area contributed by atoms with Gasteiger partial charge in [0.25, 0.3) is 22.2 Å². The summed E-state index contributed by atoms with van der Waals surface area (Å²) in [7, 11) is -0.883. The molecule has 1 aliphatic heterocycles. The molecule has 1 aliphatic rings. The molecule has 17 aromatic carbocycles. The molecule has 148 heavy (non-hydrogen) atoms. The number of esters is 2. The van der Waals surface area contributed by atoms with E-state index < -0.39 is 59.1 Å². The Bertz CT molecular complexity index is 9440. The van der Waals surface area contributed by atoms with E-state index in [0.29, 0.717) is 122 Å². The summed E-state index contributed by atoms with van der Waals surface area (Å²) in [4.78, 5) is 85.8. The molecule has 0 radical (unpaired) electrons. The molecule has 23 rings (SSSR count). The topological polar surface area (TPSA) is 174 Å². The van der Waals surface area contributed by atoms with Crippen LogP contribution in [0.1, 0.15) is 121 Å². The van der Waals surface area contributed by atoms with E-state index in [0.717, 1.165) is 139 Å². The molecule has 14 nitrogen and oxygen atoms in total. The van der Waals surface area contributed by atoms with Crippen LogP contribution >= 0.6 is 0 Å². The molecular weight excluding hydrogens is 1850 g/mol. The fraction of sp³-hybridized carbons (Fsp3) is 0.132. The quantitative estimate of drug-likeness (QED) is 0.0204. The second kappa shape index (κ2) is 36.0. The minimum atomic E-state index is -4.48. The van der Waals surface area contributed by atoms with Gasteiger partial charge in [0, 0.05) is 82.0 Å². The summed E-state index contributed by atoms with van der Waals surface area (Å²) in [6.45, 7) is 23.8. The fourth-order valence-corrected chi connectivity index (χ4v) is 21.7. The molecule has 0 bridgehead atoms. The summed E-state index contributed by atoms with van der Waals surface area (Å²) in [5.74, 6) is -0.352. The van der Waals surface area contributed by atoms with Crippen molar-refractivity contribution >= 4 is 118 Å². The van der Waals surface area contributed by atoms with Gasteiger partial charge in [-0.3, -0.25) is 28.8 Å². The van der Waals surface area contributed by atoms with E-state index in [1.54, 1.807) is 127 Å². The molecule has 5 aromatic heterocycles. The van der Waals surface area contributed by atoms with Crippen molar-refractivity contribution in [3.8, 4) is 89.8 Å². The van der Waals surface area contributed by atoms with Gasteiger partial charge in [-0.2, -0.15) is 13.2 Å². The van der Waals surface area contributed by atoms with Gasteiger partial charge in [-0.05, 0) is 295 Å². The molecule has 724 valence electrons. The van der Waals surface area contributed by atoms with Gasteiger partial charge in [0.2, 0.25) is 0 Å². The molecule has 0 fully saturated rings. The standard InChI is InChI=1S/C129H97BF4N4O10/c1-72-12-18-82(19-13-72)87-36-60-108-104(68-87)97-54-56-99-115-101(58-62-110(147-108)117(97)115)124(143)136(122(99)141)93-46-14-76(15-47-93)66-112(139)145-95-50-32-80(33-51-95)78-20-22-86(23-21-78)107-70-103(84-28-38-89(39-29-84)126(5,6)7)121(138(107)130-134)119(114-74(3)64-73(2)65-75(114)4)120-106(85-30-40-90(41-31-85)127(8,9)10)71-128(11,135-120)91-42-24-79(25-43-91)81-34-52-96(53-35-81)146-113(140)67-77-16-48-94(49-17-77)137-123(142)100-57-55-98-105-69-88(83-26-44-92(45-27-83)129(131,132)133)37-61-109(105)148-111-63-59-102(125(137)144)116(100)118(98)111/h12-65,68-71,130,135H,66-67H2,1-11H3/b120-119-. The van der Waals surface area contributed by atoms with Gasteiger partial charge in [0.15, 0.2) is 0 Å². The van der Waals surface area contributed by atoms with Crippen molar-refractivity contribution in [2.24, 2.45) is 0 Å². The van der Waals surface area contributed by atoms with E-state index in [9.17, 15) is 41.9 Å². The SMILES string of the molecule is Cc1ccc(-c2ccc3oc4ccc5c(=O)n(-c6ccc(CC(=O)Oc7ccc(-c8ccc(-c9cc(-c%10ccc(C(C)(C)C)cc%10)c(/C(=C%10\NC(C)(c%11ccc(-c%12ccc(OC(=O)Cc%13ccc(-n%14c(=O)c%15ccc%16oc%17ccc(-c%18ccc(C(F)(F)F)cc%18)cc%17c%17ccc(c%14=O)c%15c%16%17)cc%13)cc%12)cc%11)C=C%10c%10ccc(C(C)(C)C)cc%10)c%10c(C)cc(C)cc%10C)n9BF)cc8)cc7)cc6)c(=O)c6ccc(c3c2)c4c56)cc1. The predicted molar refractivity (Wildman–Crippen MR) is 588 cm³/mol. The number of ether oxygens (including phenoxy) is 2. The number of alkyl halides is 3. The van der Waals surface area contributed by atoms with Crippen molar-refractivity contribution in [2.45, 2.75) is 112 Å². The van der Waals surface area contributed by atoms with E-state index in [2.05, 4.69) is 209 Å². The van der Waals surface area contributed by atoms with Crippen molar-refractivity contribution in [2.75, 3.05) is 0 Å². The Kier molecular flexibility index (Phi) is 22.9. The first-order chi connectivity index (χ1) is 71.1. The minimum Gasteiger partial charge on any atom is -0.456 e. The second-order valence-electron chi connectivity index (χ2n) is 41.2. The zero-order chi connectivity index (χ0) is 103. The Labute approximate surface area is 849 Å². The number of hydrogen-bond donors (Lipinski definition) is 1. The van der Waals surface area contributed by atoms with Gasteiger partial charge in [0.1, 0.15) is 33.8 Å². The van der Waals surface area contributed by atoms with E-state index in [-0.39, 0.29) is 34.4 Å². The number of aryl methyl sites for hydroxylation is 4. The molecule has 0 saturated heterocycles. The van der Waals surface area contributed by atoms with Gasteiger partial charge in [-0.25, -0.2) is 9.13 Å². The van der Waals surface area contributed by atoms with Crippen LogP contribution in [0.2, 0.25) is 0 Å². The minimum absolute atomic E-state index is 0.0858. The number of allylic oxidation sites excluding steroid dienone is 1. The lowest BCUT2D eigenvalue weighted by Crippen LogP contribution is -2.33. The highest BCUT2D eigenvalue weighted by Gasteiger charge is 2.39. The molecule has 0 aliphatic carbocycles. The van der Waals surface area contributed by atoms with Crippen LogP contribution in [0.25, 0.3) is 176 Å². The smallest absolute Gasteiger partial charge is 0.449 e. The van der Waals surface area contributed by atoms with Crippen molar-refractivity contribution in [3.63, 3.8) is 0 Å². The number of rotatable bonds is 19. The zero-order valence-electron chi connectivity index (χ0n) is 83.0. The van der Waals surface area contributed by atoms with Crippen LogP contribution in [0, 0.1) is 27.7 Å².